The van der Waals surface area contributed by atoms with E-state index in [0.29, 0.717) is 19.5 Å². The number of carbonyl (C=O) groups excluding carboxylic acids is 1. The number of benzene rings is 1. The van der Waals surface area contributed by atoms with Crippen molar-refractivity contribution in [1.82, 2.24) is 19.4 Å². The van der Waals surface area contributed by atoms with Crippen LogP contribution in [-0.4, -0.2) is 26.6 Å². The molecule has 2 aromatic heterocycles. The topological polar surface area (TPSA) is 68.9 Å². The second-order valence-corrected chi connectivity index (χ2v) is 6.08. The zero-order valence-corrected chi connectivity index (χ0v) is 14.7. The molecule has 0 aliphatic carbocycles. The van der Waals surface area contributed by atoms with Gasteiger partial charge in [0.15, 0.2) is 0 Å². The summed E-state index contributed by atoms with van der Waals surface area (Å²) in [5.74, 6) is -0.411. The van der Waals surface area contributed by atoms with E-state index in [0.717, 1.165) is 22.8 Å². The first-order valence-corrected chi connectivity index (χ1v) is 8.49. The van der Waals surface area contributed by atoms with Crippen molar-refractivity contribution >= 4 is 5.91 Å². The van der Waals surface area contributed by atoms with E-state index in [1.165, 1.54) is 24.4 Å². The minimum absolute atomic E-state index is 0.0367. The zero-order chi connectivity index (χ0) is 20.1. The minimum Gasteiger partial charge on any atom is -0.352 e. The van der Waals surface area contributed by atoms with Crippen molar-refractivity contribution < 1.29 is 18.0 Å². The fraction of sp³-hybridized carbons (Fsp3) is 0.211. The predicted octanol–water partition coefficient (Wildman–Crippen LogP) is 2.87. The molecular formula is C19H17F3N4O2. The Bertz CT molecular complexity index is 1010. The van der Waals surface area contributed by atoms with Crippen molar-refractivity contribution in [2.75, 3.05) is 6.54 Å². The Morgan fingerprint density at radius 1 is 1.18 bits per heavy atom. The molecule has 9 heteroatoms. The summed E-state index contributed by atoms with van der Waals surface area (Å²) in [6.45, 7) is 1.09. The maximum atomic E-state index is 12.9. The number of nitrogens with zero attached hydrogens (tertiary/aromatic N) is 3. The minimum atomic E-state index is -4.52. The molecule has 0 fully saturated rings. The quantitative estimate of drug-likeness (QED) is 0.658. The first kappa shape index (κ1) is 19.4. The number of hydrogen-bond donors (Lipinski definition) is 1. The summed E-state index contributed by atoms with van der Waals surface area (Å²) >= 11 is 0. The lowest BCUT2D eigenvalue weighted by atomic mass is 10.2. The fourth-order valence-corrected chi connectivity index (χ4v) is 2.64. The molecule has 3 aromatic rings. The third-order valence-corrected chi connectivity index (χ3v) is 4.06. The summed E-state index contributed by atoms with van der Waals surface area (Å²) in [7, 11) is 0. The van der Waals surface area contributed by atoms with Crippen LogP contribution in [0.15, 0.2) is 66.1 Å². The number of aromatic nitrogens is 3. The van der Waals surface area contributed by atoms with Crippen LogP contribution >= 0.6 is 0 Å². The van der Waals surface area contributed by atoms with Gasteiger partial charge >= 0.3 is 6.18 Å². The molecule has 0 bridgehead atoms. The highest BCUT2D eigenvalue weighted by Gasteiger charge is 2.30. The average molecular weight is 390 g/mol. The van der Waals surface area contributed by atoms with Crippen LogP contribution in [0.4, 0.5) is 13.2 Å². The Kier molecular flexibility index (Phi) is 5.62. The van der Waals surface area contributed by atoms with Gasteiger partial charge in [-0.3, -0.25) is 14.2 Å². The summed E-state index contributed by atoms with van der Waals surface area (Å²) in [5, 5.41) is 2.73. The van der Waals surface area contributed by atoms with Crippen LogP contribution in [0.1, 0.15) is 22.3 Å². The van der Waals surface area contributed by atoms with E-state index in [9.17, 15) is 22.8 Å². The molecule has 0 atom stereocenters. The van der Waals surface area contributed by atoms with Gasteiger partial charge in [0.25, 0.3) is 11.5 Å². The average Bonchev–Trinajstić information content (AvgIpc) is 3.18. The van der Waals surface area contributed by atoms with Gasteiger partial charge in [0.1, 0.15) is 0 Å². The van der Waals surface area contributed by atoms with Gasteiger partial charge in [-0.05, 0) is 30.7 Å². The van der Waals surface area contributed by atoms with Crippen LogP contribution in [-0.2, 0) is 12.7 Å². The molecule has 0 aliphatic rings. The Balaban J connectivity index is 1.72. The van der Waals surface area contributed by atoms with Gasteiger partial charge in [-0.1, -0.05) is 6.07 Å². The standard InChI is InChI=1S/C19H17F3N4O2/c20-19(21,22)15-3-1-4-16(11-15)26-12-14(5-6-17(26)27)18(28)24-7-2-9-25-10-8-23-13-25/h1,3-6,8,10-13H,2,7,9H2,(H,24,28). The first-order chi connectivity index (χ1) is 13.3. The molecule has 1 N–H and O–H groups in total. The highest BCUT2D eigenvalue weighted by atomic mass is 19.4. The predicted molar refractivity (Wildman–Crippen MR) is 96.2 cm³/mol. The third kappa shape index (κ3) is 4.67. The van der Waals surface area contributed by atoms with Crippen LogP contribution in [0.25, 0.3) is 5.69 Å². The van der Waals surface area contributed by atoms with E-state index in [1.807, 2.05) is 10.8 Å². The molecule has 0 saturated heterocycles. The number of alkyl halides is 3. The molecule has 0 radical (unpaired) electrons. The number of amides is 1. The molecule has 2 heterocycles. The van der Waals surface area contributed by atoms with Crippen LogP contribution in [0.5, 0.6) is 0 Å². The number of aryl methyl sites for hydroxylation is 1. The Morgan fingerprint density at radius 3 is 2.71 bits per heavy atom. The summed E-state index contributed by atoms with van der Waals surface area (Å²) in [6.07, 6.45) is 2.54. The molecule has 1 aromatic carbocycles. The van der Waals surface area contributed by atoms with Crippen molar-refractivity contribution in [2.24, 2.45) is 0 Å². The van der Waals surface area contributed by atoms with Gasteiger partial charge in [0.2, 0.25) is 0 Å². The lowest BCUT2D eigenvalue weighted by Gasteiger charge is -2.12. The summed E-state index contributed by atoms with van der Waals surface area (Å²) in [6, 6.07) is 6.88. The Hall–Kier alpha value is -3.36. The molecule has 0 aliphatic heterocycles. The molecule has 0 spiro atoms. The Labute approximate surface area is 158 Å². The SMILES string of the molecule is O=C(NCCCn1ccnc1)c1ccc(=O)n(-c2cccc(C(F)(F)F)c2)c1. The van der Waals surface area contributed by atoms with Crippen LogP contribution in [0.3, 0.4) is 0 Å². The highest BCUT2D eigenvalue weighted by Crippen LogP contribution is 2.30. The second-order valence-electron chi connectivity index (χ2n) is 6.08. The van der Waals surface area contributed by atoms with E-state index < -0.39 is 23.2 Å². The van der Waals surface area contributed by atoms with Crippen molar-refractivity contribution in [3.63, 3.8) is 0 Å². The molecule has 28 heavy (non-hydrogen) atoms. The van der Waals surface area contributed by atoms with Gasteiger partial charge < -0.3 is 9.88 Å². The number of rotatable bonds is 6. The third-order valence-electron chi connectivity index (χ3n) is 4.06. The molecular weight excluding hydrogens is 373 g/mol. The van der Waals surface area contributed by atoms with Gasteiger partial charge in [-0.25, -0.2) is 4.98 Å². The van der Waals surface area contributed by atoms with E-state index in [1.54, 1.807) is 12.5 Å². The number of carbonyl (C=O) groups is 1. The van der Waals surface area contributed by atoms with Crippen molar-refractivity contribution in [1.29, 1.82) is 0 Å². The van der Waals surface area contributed by atoms with E-state index in [-0.39, 0.29) is 11.3 Å². The summed E-state index contributed by atoms with van der Waals surface area (Å²) < 4.78 is 41.6. The van der Waals surface area contributed by atoms with Crippen molar-refractivity contribution in [3.8, 4) is 5.69 Å². The lowest BCUT2D eigenvalue weighted by molar-refractivity contribution is -0.137. The van der Waals surface area contributed by atoms with Gasteiger partial charge in [0, 0.05) is 43.4 Å². The number of imidazole rings is 1. The van der Waals surface area contributed by atoms with Gasteiger partial charge in [-0.2, -0.15) is 13.2 Å². The number of pyridine rings is 1. The second kappa shape index (κ2) is 8.12. The normalized spacial score (nSPS) is 11.4. The highest BCUT2D eigenvalue weighted by molar-refractivity contribution is 5.93. The summed E-state index contributed by atoms with van der Waals surface area (Å²) in [4.78, 5) is 28.3. The van der Waals surface area contributed by atoms with Crippen LogP contribution in [0.2, 0.25) is 0 Å². The molecule has 1 amide bonds. The van der Waals surface area contributed by atoms with Crippen molar-refractivity contribution in [2.45, 2.75) is 19.1 Å². The maximum Gasteiger partial charge on any atom is 0.416 e. The monoisotopic (exact) mass is 390 g/mol. The first-order valence-electron chi connectivity index (χ1n) is 8.49. The maximum absolute atomic E-state index is 12.9. The van der Waals surface area contributed by atoms with Crippen LogP contribution < -0.4 is 10.9 Å². The lowest BCUT2D eigenvalue weighted by Crippen LogP contribution is -2.27. The number of halogens is 3. The summed E-state index contributed by atoms with van der Waals surface area (Å²) in [5.41, 5.74) is -1.18. The largest absolute Gasteiger partial charge is 0.416 e. The zero-order valence-electron chi connectivity index (χ0n) is 14.7. The van der Waals surface area contributed by atoms with Gasteiger partial charge in [-0.15, -0.1) is 0 Å². The Morgan fingerprint density at radius 2 is 2.00 bits per heavy atom. The van der Waals surface area contributed by atoms with E-state index >= 15 is 0 Å². The molecule has 0 unspecified atom stereocenters. The number of nitrogens with one attached hydrogen (secondary N) is 1. The van der Waals surface area contributed by atoms with Crippen LogP contribution in [0, 0.1) is 0 Å². The smallest absolute Gasteiger partial charge is 0.352 e. The van der Waals surface area contributed by atoms with E-state index in [2.05, 4.69) is 10.3 Å². The fourth-order valence-electron chi connectivity index (χ4n) is 2.64. The molecule has 0 saturated carbocycles. The number of hydrogen-bond acceptors (Lipinski definition) is 3. The van der Waals surface area contributed by atoms with Crippen molar-refractivity contribution in [3.05, 3.63) is 82.8 Å². The molecule has 3 rings (SSSR count). The molecule has 6 nitrogen and oxygen atoms in total. The molecule has 146 valence electrons. The van der Waals surface area contributed by atoms with E-state index in [4.69, 9.17) is 0 Å². The van der Waals surface area contributed by atoms with Gasteiger partial charge in [0.05, 0.1) is 17.5 Å².